The Balaban J connectivity index is 1.59. The predicted molar refractivity (Wildman–Crippen MR) is 92.9 cm³/mol. The summed E-state index contributed by atoms with van der Waals surface area (Å²) >= 11 is 0. The standard InChI is InChI=1S/C18H23F3N4O3/c1-16-3-4-17(2,28-16)12(9-16)23-15-22-10-11(13(24-15)18(19,20)21)14(26)25-5-7-27-8-6-25/h10,12H,3-9H2,1-2H3,(H,22,23,24)/t12-,16+,17-/m0/s1. The van der Waals surface area contributed by atoms with Gasteiger partial charge in [0.05, 0.1) is 36.0 Å². The summed E-state index contributed by atoms with van der Waals surface area (Å²) in [5.41, 5.74) is -2.49. The van der Waals surface area contributed by atoms with Crippen LogP contribution in [0.15, 0.2) is 6.20 Å². The number of halogens is 3. The van der Waals surface area contributed by atoms with Gasteiger partial charge in [-0.05, 0) is 33.1 Å². The van der Waals surface area contributed by atoms with Crippen molar-refractivity contribution in [3.05, 3.63) is 17.5 Å². The van der Waals surface area contributed by atoms with Gasteiger partial charge in [0.15, 0.2) is 5.69 Å². The molecule has 0 aliphatic carbocycles. The lowest BCUT2D eigenvalue weighted by Gasteiger charge is -2.30. The fourth-order valence-electron chi connectivity index (χ4n) is 4.33. The molecule has 7 nitrogen and oxygen atoms in total. The summed E-state index contributed by atoms with van der Waals surface area (Å²) in [5.74, 6) is -0.873. The first kappa shape index (κ1) is 19.4. The minimum Gasteiger partial charge on any atom is -0.378 e. The van der Waals surface area contributed by atoms with Gasteiger partial charge in [-0.3, -0.25) is 4.79 Å². The van der Waals surface area contributed by atoms with Gasteiger partial charge in [0.1, 0.15) is 0 Å². The molecule has 0 spiro atoms. The number of anilines is 1. The molecule has 0 saturated carbocycles. The van der Waals surface area contributed by atoms with E-state index in [1.54, 1.807) is 0 Å². The van der Waals surface area contributed by atoms with E-state index < -0.39 is 28.9 Å². The average Bonchev–Trinajstić information content (AvgIpc) is 3.09. The molecule has 154 valence electrons. The summed E-state index contributed by atoms with van der Waals surface area (Å²) in [7, 11) is 0. The van der Waals surface area contributed by atoms with Crippen molar-refractivity contribution < 1.29 is 27.4 Å². The highest BCUT2D eigenvalue weighted by Crippen LogP contribution is 2.51. The number of amides is 1. The van der Waals surface area contributed by atoms with Gasteiger partial charge in [-0.15, -0.1) is 0 Å². The number of carbonyl (C=O) groups is 1. The lowest BCUT2D eigenvalue weighted by Crippen LogP contribution is -2.42. The first-order valence-corrected chi connectivity index (χ1v) is 9.38. The van der Waals surface area contributed by atoms with Gasteiger partial charge in [0, 0.05) is 19.3 Å². The molecule has 10 heteroatoms. The summed E-state index contributed by atoms with van der Waals surface area (Å²) in [6.45, 7) is 5.04. The molecule has 0 radical (unpaired) electrons. The number of rotatable bonds is 3. The Morgan fingerprint density at radius 3 is 2.57 bits per heavy atom. The minimum absolute atomic E-state index is 0.142. The number of nitrogens with zero attached hydrogens (tertiary/aromatic N) is 3. The molecule has 1 aromatic heterocycles. The van der Waals surface area contributed by atoms with Gasteiger partial charge in [-0.2, -0.15) is 13.2 Å². The molecular weight excluding hydrogens is 377 g/mol. The van der Waals surface area contributed by atoms with Crippen LogP contribution in [0.5, 0.6) is 0 Å². The van der Waals surface area contributed by atoms with Crippen molar-refractivity contribution in [3.8, 4) is 0 Å². The Morgan fingerprint density at radius 2 is 2.00 bits per heavy atom. The van der Waals surface area contributed by atoms with Crippen LogP contribution in [0.25, 0.3) is 0 Å². The molecule has 3 aliphatic heterocycles. The molecule has 4 rings (SSSR count). The molecule has 1 N–H and O–H groups in total. The molecule has 0 aromatic carbocycles. The van der Waals surface area contributed by atoms with Gasteiger partial charge >= 0.3 is 6.18 Å². The van der Waals surface area contributed by atoms with Crippen LogP contribution in [-0.2, 0) is 15.7 Å². The van der Waals surface area contributed by atoms with Crippen LogP contribution in [0.3, 0.4) is 0 Å². The van der Waals surface area contributed by atoms with E-state index in [-0.39, 0.29) is 30.7 Å². The highest BCUT2D eigenvalue weighted by molar-refractivity contribution is 5.95. The number of nitrogens with one attached hydrogen (secondary N) is 1. The second-order valence-corrected chi connectivity index (χ2v) is 8.12. The highest BCUT2D eigenvalue weighted by atomic mass is 19.4. The van der Waals surface area contributed by atoms with Crippen molar-refractivity contribution in [2.45, 2.75) is 56.5 Å². The summed E-state index contributed by atoms with van der Waals surface area (Å²) in [4.78, 5) is 21.6. The zero-order chi connectivity index (χ0) is 20.2. The van der Waals surface area contributed by atoms with Crippen molar-refractivity contribution in [1.82, 2.24) is 14.9 Å². The van der Waals surface area contributed by atoms with E-state index in [9.17, 15) is 18.0 Å². The van der Waals surface area contributed by atoms with Gasteiger partial charge in [-0.1, -0.05) is 0 Å². The number of carbonyl (C=O) groups excluding carboxylic acids is 1. The maximum absolute atomic E-state index is 13.6. The second-order valence-electron chi connectivity index (χ2n) is 8.12. The number of alkyl halides is 3. The quantitative estimate of drug-likeness (QED) is 0.840. The van der Waals surface area contributed by atoms with Gasteiger partial charge in [0.2, 0.25) is 5.95 Å². The van der Waals surface area contributed by atoms with Crippen molar-refractivity contribution in [2.24, 2.45) is 0 Å². The van der Waals surface area contributed by atoms with Crippen LogP contribution in [0.1, 0.15) is 49.2 Å². The molecule has 3 fully saturated rings. The summed E-state index contributed by atoms with van der Waals surface area (Å²) in [6, 6.07) is -0.187. The number of morpholine rings is 1. The van der Waals surface area contributed by atoms with Crippen LogP contribution in [0.4, 0.5) is 19.1 Å². The molecule has 3 saturated heterocycles. The van der Waals surface area contributed by atoms with Crippen LogP contribution in [-0.4, -0.2) is 64.3 Å². The van der Waals surface area contributed by atoms with E-state index in [1.807, 2.05) is 13.8 Å². The smallest absolute Gasteiger partial charge is 0.378 e. The average molecular weight is 400 g/mol. The Bertz CT molecular complexity index is 784. The third-order valence-electron chi connectivity index (χ3n) is 5.89. The third kappa shape index (κ3) is 3.43. The molecule has 3 atom stereocenters. The molecule has 28 heavy (non-hydrogen) atoms. The number of hydrogen-bond donors (Lipinski definition) is 1. The molecule has 4 heterocycles. The lowest BCUT2D eigenvalue weighted by molar-refractivity contribution is -0.141. The van der Waals surface area contributed by atoms with Crippen molar-refractivity contribution >= 4 is 11.9 Å². The van der Waals surface area contributed by atoms with Crippen molar-refractivity contribution in [2.75, 3.05) is 31.6 Å². The Morgan fingerprint density at radius 1 is 1.29 bits per heavy atom. The molecule has 0 unspecified atom stereocenters. The van der Waals surface area contributed by atoms with E-state index in [2.05, 4.69) is 15.3 Å². The zero-order valence-corrected chi connectivity index (χ0v) is 15.8. The van der Waals surface area contributed by atoms with Crippen LogP contribution in [0.2, 0.25) is 0 Å². The second kappa shape index (κ2) is 6.55. The maximum atomic E-state index is 13.6. The topological polar surface area (TPSA) is 76.6 Å². The molecule has 2 bridgehead atoms. The van der Waals surface area contributed by atoms with E-state index in [0.717, 1.165) is 19.0 Å². The van der Waals surface area contributed by atoms with Crippen molar-refractivity contribution in [1.29, 1.82) is 0 Å². The number of aromatic nitrogens is 2. The molecular formula is C18H23F3N4O3. The summed E-state index contributed by atoms with van der Waals surface area (Å²) in [6.07, 6.45) is -1.39. The molecule has 1 aromatic rings. The normalized spacial score (nSPS) is 32.6. The summed E-state index contributed by atoms with van der Waals surface area (Å²) < 4.78 is 52.1. The zero-order valence-electron chi connectivity index (χ0n) is 15.8. The third-order valence-corrected chi connectivity index (χ3v) is 5.89. The predicted octanol–water partition coefficient (Wildman–Crippen LogP) is 2.48. The van der Waals surface area contributed by atoms with E-state index in [1.165, 1.54) is 4.90 Å². The van der Waals surface area contributed by atoms with E-state index in [4.69, 9.17) is 9.47 Å². The Labute approximate surface area is 160 Å². The first-order chi connectivity index (χ1) is 13.1. The Hall–Kier alpha value is -1.94. The fraction of sp³-hybridized carbons (Fsp3) is 0.722. The SMILES string of the molecule is C[C@]12CC[C@](C)(O1)[C@@H](Nc1ncc(C(=O)N3CCOCC3)c(C(F)(F)F)n1)C2. The maximum Gasteiger partial charge on any atom is 0.434 e. The number of ether oxygens (including phenoxy) is 2. The van der Waals surface area contributed by atoms with E-state index >= 15 is 0 Å². The van der Waals surface area contributed by atoms with Gasteiger partial charge in [0.25, 0.3) is 5.91 Å². The lowest BCUT2D eigenvalue weighted by atomic mass is 9.80. The first-order valence-electron chi connectivity index (χ1n) is 9.38. The number of hydrogen-bond acceptors (Lipinski definition) is 6. The van der Waals surface area contributed by atoms with Crippen LogP contribution < -0.4 is 5.32 Å². The fourth-order valence-corrected chi connectivity index (χ4v) is 4.33. The monoisotopic (exact) mass is 400 g/mol. The molecule has 1 amide bonds. The van der Waals surface area contributed by atoms with Gasteiger partial charge in [-0.25, -0.2) is 9.97 Å². The highest BCUT2D eigenvalue weighted by Gasteiger charge is 2.57. The van der Waals surface area contributed by atoms with E-state index in [0.29, 0.717) is 19.6 Å². The van der Waals surface area contributed by atoms with Crippen LogP contribution in [0, 0.1) is 0 Å². The largest absolute Gasteiger partial charge is 0.434 e. The minimum atomic E-state index is -4.77. The summed E-state index contributed by atoms with van der Waals surface area (Å²) in [5, 5.41) is 3.00. The molecule has 3 aliphatic rings. The number of fused-ring (bicyclic) bond motifs is 2. The van der Waals surface area contributed by atoms with Crippen LogP contribution >= 0.6 is 0 Å². The van der Waals surface area contributed by atoms with Gasteiger partial charge < -0.3 is 19.7 Å². The Kier molecular flexibility index (Phi) is 4.53. The van der Waals surface area contributed by atoms with Crippen molar-refractivity contribution in [3.63, 3.8) is 0 Å².